The van der Waals surface area contributed by atoms with Crippen LogP contribution in [0.2, 0.25) is 10.2 Å². The zero-order valence-electron chi connectivity index (χ0n) is 24.0. The predicted molar refractivity (Wildman–Crippen MR) is 173 cm³/mol. The van der Waals surface area contributed by atoms with Gasteiger partial charge in [0.2, 0.25) is 15.9 Å². The summed E-state index contributed by atoms with van der Waals surface area (Å²) >= 11 is 12.7. The fourth-order valence-electron chi connectivity index (χ4n) is 4.76. The molecule has 4 aromatic carbocycles. The van der Waals surface area contributed by atoms with Crippen LogP contribution in [0.5, 0.6) is 11.5 Å². The summed E-state index contributed by atoms with van der Waals surface area (Å²) in [5.74, 6) is 0.951. The Hall–Kier alpha value is -4.15. The summed E-state index contributed by atoms with van der Waals surface area (Å²) in [6.07, 6.45) is 1.46. The van der Waals surface area contributed by atoms with E-state index in [1.165, 1.54) is 16.6 Å². The van der Waals surface area contributed by atoms with Crippen molar-refractivity contribution in [3.05, 3.63) is 124 Å². The molecule has 0 aliphatic rings. The number of pyridine rings is 1. The molecule has 0 spiro atoms. The summed E-state index contributed by atoms with van der Waals surface area (Å²) < 4.78 is 41.1. The van der Waals surface area contributed by atoms with Crippen LogP contribution in [0.15, 0.2) is 102 Å². The third kappa shape index (κ3) is 7.14. The molecular weight excluding hydrogens is 621 g/mol. The lowest BCUT2D eigenvalue weighted by Crippen LogP contribution is -2.30. The summed E-state index contributed by atoms with van der Waals surface area (Å²) in [5.41, 5.74) is 2.43. The number of hydrogen-bond donors (Lipinski definition) is 1. The molecular formula is C33H29Cl2N3O5S. The normalized spacial score (nSPS) is 11.5. The Balaban J connectivity index is 1.56. The third-order valence-electron chi connectivity index (χ3n) is 7.04. The van der Waals surface area contributed by atoms with Gasteiger partial charge < -0.3 is 14.8 Å². The molecule has 1 N–H and O–H groups in total. The number of sulfonamides is 1. The van der Waals surface area contributed by atoms with Crippen molar-refractivity contribution in [2.24, 2.45) is 0 Å². The Morgan fingerprint density at radius 1 is 0.818 bits per heavy atom. The molecule has 0 bridgehead atoms. The molecule has 1 aromatic heterocycles. The second-order valence-corrected chi connectivity index (χ2v) is 12.6. The van der Waals surface area contributed by atoms with Crippen LogP contribution in [0.4, 0.5) is 5.69 Å². The Labute approximate surface area is 266 Å². The highest BCUT2D eigenvalue weighted by molar-refractivity contribution is 7.89. The lowest BCUT2D eigenvalue weighted by atomic mass is 10.1. The Bertz CT molecular complexity index is 1850. The Kier molecular flexibility index (Phi) is 9.71. The number of fused-ring (bicyclic) bond motifs is 1. The summed E-state index contributed by atoms with van der Waals surface area (Å²) in [5, 5.41) is 4.15. The van der Waals surface area contributed by atoms with E-state index in [0.29, 0.717) is 32.9 Å². The molecule has 44 heavy (non-hydrogen) atoms. The molecule has 0 aliphatic heterocycles. The lowest BCUT2D eigenvalue weighted by Gasteiger charge is -2.24. The first kappa shape index (κ1) is 31.3. The molecule has 0 radical (unpaired) electrons. The van der Waals surface area contributed by atoms with Crippen molar-refractivity contribution in [2.75, 3.05) is 19.5 Å². The van der Waals surface area contributed by atoms with E-state index in [0.717, 1.165) is 11.1 Å². The summed E-state index contributed by atoms with van der Waals surface area (Å²) in [6, 6.07) is 26.1. The average molecular weight is 651 g/mol. The maximum absolute atomic E-state index is 14.6. The van der Waals surface area contributed by atoms with Gasteiger partial charge in [-0.3, -0.25) is 4.79 Å². The van der Waals surface area contributed by atoms with Gasteiger partial charge in [0, 0.05) is 40.8 Å². The van der Waals surface area contributed by atoms with E-state index < -0.39 is 10.0 Å². The van der Waals surface area contributed by atoms with E-state index in [-0.39, 0.29) is 41.2 Å². The van der Waals surface area contributed by atoms with Gasteiger partial charge in [-0.25, -0.2) is 13.4 Å². The van der Waals surface area contributed by atoms with Crippen molar-refractivity contribution in [2.45, 2.75) is 24.4 Å². The highest BCUT2D eigenvalue weighted by Gasteiger charge is 2.28. The van der Waals surface area contributed by atoms with Gasteiger partial charge in [0.05, 0.1) is 25.5 Å². The van der Waals surface area contributed by atoms with Crippen molar-refractivity contribution < 1.29 is 22.7 Å². The predicted octanol–water partition coefficient (Wildman–Crippen LogP) is 7.13. The molecule has 0 saturated heterocycles. The van der Waals surface area contributed by atoms with E-state index in [9.17, 15) is 13.2 Å². The van der Waals surface area contributed by atoms with Crippen LogP contribution in [0.1, 0.15) is 16.7 Å². The number of ether oxygens (including phenoxy) is 2. The van der Waals surface area contributed by atoms with Gasteiger partial charge in [0.15, 0.2) is 0 Å². The van der Waals surface area contributed by atoms with E-state index >= 15 is 0 Å². The van der Waals surface area contributed by atoms with Gasteiger partial charge in [0.1, 0.15) is 16.7 Å². The monoisotopic (exact) mass is 649 g/mol. The van der Waals surface area contributed by atoms with Crippen LogP contribution in [0.25, 0.3) is 10.8 Å². The summed E-state index contributed by atoms with van der Waals surface area (Å²) in [7, 11) is -1.04. The third-order valence-corrected chi connectivity index (χ3v) is 9.54. The zero-order chi connectivity index (χ0) is 31.3. The molecule has 8 nitrogen and oxygen atoms in total. The topological polar surface area (TPSA) is 97.8 Å². The van der Waals surface area contributed by atoms with E-state index in [1.54, 1.807) is 74.9 Å². The van der Waals surface area contributed by atoms with Crippen LogP contribution in [-0.2, 0) is 34.3 Å². The maximum atomic E-state index is 14.6. The fraction of sp³-hybridized carbons (Fsp3) is 0.152. The van der Waals surface area contributed by atoms with Crippen LogP contribution in [-0.4, -0.2) is 37.8 Å². The van der Waals surface area contributed by atoms with Crippen molar-refractivity contribution >= 4 is 55.6 Å². The first-order chi connectivity index (χ1) is 21.2. The number of halogens is 2. The highest BCUT2D eigenvalue weighted by Crippen LogP contribution is 2.34. The number of carbonyl (C=O) groups is 1. The maximum Gasteiger partial charge on any atom is 0.244 e. The average Bonchev–Trinajstić information content (AvgIpc) is 3.02. The SMILES string of the molecule is COc1ccc(CN(Cc2ccc(OC)cc2)S(=O)(=O)c2cc(NC(=O)Cc3ccccc3Cl)cc3c(Cl)nccc23)cc1. The van der Waals surface area contributed by atoms with Gasteiger partial charge >= 0.3 is 0 Å². The molecule has 5 rings (SSSR count). The lowest BCUT2D eigenvalue weighted by molar-refractivity contribution is -0.115. The van der Waals surface area contributed by atoms with Crippen molar-refractivity contribution in [1.29, 1.82) is 0 Å². The van der Waals surface area contributed by atoms with Crippen molar-refractivity contribution in [1.82, 2.24) is 9.29 Å². The second-order valence-electron chi connectivity index (χ2n) is 9.96. The van der Waals surface area contributed by atoms with Gasteiger partial charge in [-0.15, -0.1) is 0 Å². The molecule has 0 fully saturated rings. The molecule has 11 heteroatoms. The Morgan fingerprint density at radius 2 is 1.41 bits per heavy atom. The van der Waals surface area contributed by atoms with Gasteiger partial charge in [0.25, 0.3) is 0 Å². The second kappa shape index (κ2) is 13.7. The Morgan fingerprint density at radius 3 is 1.98 bits per heavy atom. The number of benzene rings is 4. The fourth-order valence-corrected chi connectivity index (χ4v) is 6.82. The standard InChI is InChI=1S/C33H29Cl2N3O5S/c1-42-26-11-7-22(8-12-26)20-38(21-23-9-13-27(43-2)14-10-23)44(40,41)31-19-25(18-29-28(31)15-16-36-33(29)35)37-32(39)17-24-5-3-4-6-30(24)34/h3-16,18-19H,17,20-21H2,1-2H3,(H,37,39). The molecule has 0 unspecified atom stereocenters. The minimum atomic E-state index is -4.18. The number of amides is 1. The molecule has 1 heterocycles. The molecule has 0 saturated carbocycles. The zero-order valence-corrected chi connectivity index (χ0v) is 26.3. The minimum Gasteiger partial charge on any atom is -0.497 e. The summed E-state index contributed by atoms with van der Waals surface area (Å²) in [6.45, 7) is 0.142. The number of carbonyl (C=O) groups excluding carboxylic acids is 1. The van der Waals surface area contributed by atoms with Crippen molar-refractivity contribution in [3.8, 4) is 11.5 Å². The van der Waals surface area contributed by atoms with Gasteiger partial charge in [-0.05, 0) is 65.2 Å². The van der Waals surface area contributed by atoms with Crippen molar-refractivity contribution in [3.63, 3.8) is 0 Å². The van der Waals surface area contributed by atoms with Crippen LogP contribution < -0.4 is 14.8 Å². The molecule has 0 aliphatic carbocycles. The minimum absolute atomic E-state index is 0.00162. The number of methoxy groups -OCH3 is 2. The number of aromatic nitrogens is 1. The number of nitrogens with one attached hydrogen (secondary N) is 1. The van der Waals surface area contributed by atoms with Crippen LogP contribution in [0, 0.1) is 0 Å². The van der Waals surface area contributed by atoms with Crippen LogP contribution >= 0.6 is 23.2 Å². The van der Waals surface area contributed by atoms with Gasteiger partial charge in [-0.2, -0.15) is 4.31 Å². The molecule has 226 valence electrons. The number of hydrogen-bond acceptors (Lipinski definition) is 6. The summed E-state index contributed by atoms with van der Waals surface area (Å²) in [4.78, 5) is 17.2. The number of nitrogens with zero attached hydrogens (tertiary/aromatic N) is 2. The van der Waals surface area contributed by atoms with E-state index in [1.807, 2.05) is 24.3 Å². The van der Waals surface area contributed by atoms with Gasteiger partial charge in [-0.1, -0.05) is 65.7 Å². The number of anilines is 1. The van der Waals surface area contributed by atoms with Crippen LogP contribution in [0.3, 0.4) is 0 Å². The molecule has 0 atom stereocenters. The molecule has 5 aromatic rings. The molecule has 1 amide bonds. The smallest absolute Gasteiger partial charge is 0.244 e. The largest absolute Gasteiger partial charge is 0.497 e. The highest BCUT2D eigenvalue weighted by atomic mass is 35.5. The van der Waals surface area contributed by atoms with E-state index in [4.69, 9.17) is 32.7 Å². The first-order valence-electron chi connectivity index (χ1n) is 13.6. The number of rotatable bonds is 11. The quantitative estimate of drug-likeness (QED) is 0.153. The first-order valence-corrected chi connectivity index (χ1v) is 15.7. The van der Waals surface area contributed by atoms with E-state index in [2.05, 4.69) is 10.3 Å².